The van der Waals surface area contributed by atoms with Gasteiger partial charge in [-0.3, -0.25) is 0 Å². The third-order valence-corrected chi connectivity index (χ3v) is 5.83. The Labute approximate surface area is 200 Å². The fraction of sp³-hybridized carbons (Fsp3) is 0. The van der Waals surface area contributed by atoms with E-state index in [0.717, 1.165) is 22.8 Å². The molecule has 0 aliphatic heterocycles. The van der Waals surface area contributed by atoms with Crippen LogP contribution < -0.4 is 10.6 Å². The number of benzene rings is 4. The molecule has 0 aromatic heterocycles. The standard InChI is InChI=1S/C24H17F2OP.2ClH.Zr/c25-19-11-12-22(21(26)15-19)28-23-14-18(16-7-3-1-4-8-16)13-20(24(23)27)17-9-5-2-6-10-17;;;/h1-15,27-28H;2*1H;/q;;;+2/p-2. The van der Waals surface area contributed by atoms with Gasteiger partial charge in [0.15, 0.2) is 0 Å². The van der Waals surface area contributed by atoms with Crippen molar-refractivity contribution in [3.63, 3.8) is 0 Å². The van der Waals surface area contributed by atoms with Gasteiger partial charge in [0.1, 0.15) is 17.4 Å². The van der Waals surface area contributed by atoms with Crippen molar-refractivity contribution in [3.8, 4) is 28.0 Å². The van der Waals surface area contributed by atoms with Crippen molar-refractivity contribution in [1.82, 2.24) is 0 Å². The normalized spacial score (nSPS) is 10.6. The quantitative estimate of drug-likeness (QED) is 0.270. The molecule has 1 atom stereocenters. The van der Waals surface area contributed by atoms with Crippen molar-refractivity contribution in [2.45, 2.75) is 0 Å². The van der Waals surface area contributed by atoms with Gasteiger partial charge in [0.2, 0.25) is 0 Å². The second-order valence-corrected chi connectivity index (χ2v) is 11.5. The van der Waals surface area contributed by atoms with E-state index in [9.17, 15) is 13.9 Å². The number of phenols is 1. The fourth-order valence-corrected chi connectivity index (χ4v) is 4.23. The van der Waals surface area contributed by atoms with E-state index in [2.05, 4.69) is 0 Å². The molecule has 0 radical (unpaired) electrons. The Morgan fingerprint density at radius 1 is 0.677 bits per heavy atom. The van der Waals surface area contributed by atoms with Gasteiger partial charge in [-0.25, -0.2) is 8.78 Å². The summed E-state index contributed by atoms with van der Waals surface area (Å²) in [4.78, 5) is 0. The molecule has 0 aliphatic carbocycles. The Morgan fingerprint density at radius 3 is 1.84 bits per heavy atom. The summed E-state index contributed by atoms with van der Waals surface area (Å²) in [5, 5.41) is 11.9. The molecule has 0 saturated carbocycles. The monoisotopic (exact) mass is 550 g/mol. The van der Waals surface area contributed by atoms with Crippen LogP contribution in [0.15, 0.2) is 91.0 Å². The molecule has 4 aromatic rings. The first-order valence-electron chi connectivity index (χ1n) is 9.19. The van der Waals surface area contributed by atoms with Crippen LogP contribution in [0, 0.1) is 11.6 Å². The zero-order valence-electron chi connectivity index (χ0n) is 16.1. The van der Waals surface area contributed by atoms with Gasteiger partial charge in [0.05, 0.1) is 0 Å². The summed E-state index contributed by atoms with van der Waals surface area (Å²) in [5.74, 6) is -1.10. The number of hydrogen-bond acceptors (Lipinski definition) is 1. The van der Waals surface area contributed by atoms with Crippen molar-refractivity contribution in [2.24, 2.45) is 0 Å². The summed E-state index contributed by atoms with van der Waals surface area (Å²) < 4.78 is 27.5. The number of rotatable bonds is 4. The van der Waals surface area contributed by atoms with Gasteiger partial charge in [-0.1, -0.05) is 69.2 Å². The number of phenolic OH excluding ortho intramolecular Hbond substituents is 1. The van der Waals surface area contributed by atoms with Crippen molar-refractivity contribution in [2.75, 3.05) is 0 Å². The SMILES string of the molecule is Oc1c(Pc2ccc(F)cc2F)cc(-c2ccccc2)cc1-c1ccccc1.[Cl][Zr][Cl]. The van der Waals surface area contributed by atoms with E-state index < -0.39 is 32.5 Å². The molecule has 156 valence electrons. The van der Waals surface area contributed by atoms with Gasteiger partial charge in [0.25, 0.3) is 0 Å². The van der Waals surface area contributed by atoms with E-state index >= 15 is 0 Å². The van der Waals surface area contributed by atoms with Crippen molar-refractivity contribution in [3.05, 3.63) is 103 Å². The number of hydrogen-bond donors (Lipinski definition) is 1. The molecule has 0 heterocycles. The first-order valence-corrected chi connectivity index (χ1v) is 16.5. The van der Waals surface area contributed by atoms with Crippen LogP contribution in [0.1, 0.15) is 0 Å². The maximum atomic E-state index is 14.2. The zero-order chi connectivity index (χ0) is 22.2. The Balaban J connectivity index is 0.000000858. The summed E-state index contributed by atoms with van der Waals surface area (Å²) in [6, 6.07) is 26.8. The number of halogens is 4. The summed E-state index contributed by atoms with van der Waals surface area (Å²) in [7, 11) is 9.73. The van der Waals surface area contributed by atoms with Crippen LogP contribution in [0.3, 0.4) is 0 Å². The third-order valence-electron chi connectivity index (χ3n) is 4.50. The van der Waals surface area contributed by atoms with E-state index in [1.807, 2.05) is 72.8 Å². The molecule has 0 amide bonds. The molecule has 0 saturated heterocycles. The Kier molecular flexibility index (Phi) is 9.23. The molecule has 1 N–H and O–H groups in total. The minimum absolute atomic E-state index is 0.118. The fourth-order valence-electron chi connectivity index (χ4n) is 3.10. The summed E-state index contributed by atoms with van der Waals surface area (Å²) in [6.07, 6.45) is 0. The number of aromatic hydroxyl groups is 1. The predicted octanol–water partition coefficient (Wildman–Crippen LogP) is 7.01. The van der Waals surface area contributed by atoms with Crippen molar-refractivity contribution < 1.29 is 34.7 Å². The van der Waals surface area contributed by atoms with Gasteiger partial charge in [-0.2, -0.15) is 0 Å². The van der Waals surface area contributed by atoms with Gasteiger partial charge in [0, 0.05) is 22.2 Å². The van der Waals surface area contributed by atoms with E-state index in [0.29, 0.717) is 16.2 Å². The van der Waals surface area contributed by atoms with Crippen molar-refractivity contribution >= 4 is 36.2 Å². The average molecular weight is 552 g/mol. The van der Waals surface area contributed by atoms with Gasteiger partial charge in [-0.05, 0) is 41.0 Å². The van der Waals surface area contributed by atoms with Crippen LogP contribution in [0.4, 0.5) is 8.78 Å². The molecule has 1 nitrogen and oxygen atoms in total. The molecule has 31 heavy (non-hydrogen) atoms. The first-order chi connectivity index (χ1) is 15.0. The van der Waals surface area contributed by atoms with E-state index in [4.69, 9.17) is 17.0 Å². The third kappa shape index (κ3) is 6.47. The topological polar surface area (TPSA) is 20.2 Å². The average Bonchev–Trinajstić information content (AvgIpc) is 2.78. The van der Waals surface area contributed by atoms with Crippen LogP contribution >= 0.6 is 25.6 Å². The Hall–Kier alpha value is -1.57. The van der Waals surface area contributed by atoms with Crippen LogP contribution in [0.5, 0.6) is 5.75 Å². The van der Waals surface area contributed by atoms with Crippen LogP contribution in [-0.4, -0.2) is 5.11 Å². The molecule has 4 rings (SSSR count). The Bertz CT molecular complexity index is 1150. The molecule has 0 spiro atoms. The first kappa shape index (κ1) is 24.1. The van der Waals surface area contributed by atoms with Gasteiger partial charge < -0.3 is 5.11 Å². The second-order valence-electron chi connectivity index (χ2n) is 6.47. The van der Waals surface area contributed by atoms with Gasteiger partial charge in [-0.15, -0.1) is 0 Å². The molecule has 1 unspecified atom stereocenters. The summed E-state index contributed by atoms with van der Waals surface area (Å²) >= 11 is -0.826. The second kappa shape index (κ2) is 11.9. The summed E-state index contributed by atoms with van der Waals surface area (Å²) in [5.41, 5.74) is 3.50. The van der Waals surface area contributed by atoms with E-state index in [1.165, 1.54) is 12.1 Å². The van der Waals surface area contributed by atoms with E-state index in [-0.39, 0.29) is 14.3 Å². The van der Waals surface area contributed by atoms with Gasteiger partial charge >= 0.3 is 37.9 Å². The molecule has 7 heteroatoms. The Morgan fingerprint density at radius 2 is 1.26 bits per heavy atom. The van der Waals surface area contributed by atoms with Crippen LogP contribution in [0.2, 0.25) is 0 Å². The summed E-state index contributed by atoms with van der Waals surface area (Å²) in [6.45, 7) is 0. The zero-order valence-corrected chi connectivity index (χ0v) is 21.1. The van der Waals surface area contributed by atoms with E-state index in [1.54, 1.807) is 0 Å². The maximum absolute atomic E-state index is 14.2. The van der Waals surface area contributed by atoms with Crippen molar-refractivity contribution in [1.29, 1.82) is 0 Å². The van der Waals surface area contributed by atoms with Crippen LogP contribution in [-0.2, 0) is 20.8 Å². The molecule has 0 fully saturated rings. The molecular weight excluding hydrogens is 535 g/mol. The predicted molar refractivity (Wildman–Crippen MR) is 125 cm³/mol. The van der Waals surface area contributed by atoms with Crippen LogP contribution in [0.25, 0.3) is 22.3 Å². The molecule has 0 aliphatic rings. The minimum atomic E-state index is -0.826. The molecule has 4 aromatic carbocycles. The molecular formula is C24H17Cl2F2OPZr. The molecule has 0 bridgehead atoms.